The minimum absolute atomic E-state index is 0.117. The topological polar surface area (TPSA) is 76.9 Å². The molecule has 118 valence electrons. The van der Waals surface area contributed by atoms with E-state index >= 15 is 0 Å². The van der Waals surface area contributed by atoms with Crippen LogP contribution < -0.4 is 4.72 Å². The van der Waals surface area contributed by atoms with Crippen LogP contribution in [-0.4, -0.2) is 29.5 Å². The molecule has 0 aliphatic rings. The number of benzene rings is 1. The third-order valence-corrected chi connectivity index (χ3v) is 4.31. The summed E-state index contributed by atoms with van der Waals surface area (Å²) in [6.07, 6.45) is 4.72. The predicted octanol–water partition coefficient (Wildman–Crippen LogP) is 1.89. The quantitative estimate of drug-likeness (QED) is 0.845. The van der Waals surface area contributed by atoms with Gasteiger partial charge in [-0.15, -0.1) is 0 Å². The second-order valence-corrected chi connectivity index (χ2v) is 6.91. The summed E-state index contributed by atoms with van der Waals surface area (Å²) in [6, 6.07) is 9.02. The first-order valence-electron chi connectivity index (χ1n) is 7.06. The molecule has 1 N–H and O–H groups in total. The summed E-state index contributed by atoms with van der Waals surface area (Å²) in [6.45, 7) is 4.30. The number of nitrogens with one attached hydrogen (secondary N) is 1. The lowest BCUT2D eigenvalue weighted by atomic mass is 10.1. The number of aromatic nitrogens is 3. The average molecular weight is 320 g/mol. The largest absolute Gasteiger partial charge is 0.234 e. The molecule has 0 bridgehead atoms. The van der Waals surface area contributed by atoms with Crippen LogP contribution in [0.15, 0.2) is 48.1 Å². The number of hydrogen-bond acceptors (Lipinski definition) is 4. The van der Waals surface area contributed by atoms with Gasteiger partial charge in [-0.1, -0.05) is 44.2 Å². The Kier molecular flexibility index (Phi) is 5.46. The van der Waals surface area contributed by atoms with Gasteiger partial charge in [0.1, 0.15) is 0 Å². The van der Waals surface area contributed by atoms with Crippen molar-refractivity contribution in [2.45, 2.75) is 26.4 Å². The van der Waals surface area contributed by atoms with E-state index in [0.717, 1.165) is 5.56 Å². The molecule has 1 heterocycles. The van der Waals surface area contributed by atoms with Crippen LogP contribution in [0, 0.1) is 5.92 Å². The third-order valence-electron chi connectivity index (χ3n) is 3.19. The summed E-state index contributed by atoms with van der Waals surface area (Å²) in [5, 5.41) is 9.22. The van der Waals surface area contributed by atoms with E-state index in [4.69, 9.17) is 0 Å². The Balaban J connectivity index is 2.06. The van der Waals surface area contributed by atoms with Crippen molar-refractivity contribution in [3.05, 3.63) is 53.7 Å². The van der Waals surface area contributed by atoms with E-state index in [2.05, 4.69) is 14.9 Å². The molecule has 6 nitrogen and oxygen atoms in total. The average Bonchev–Trinajstić information content (AvgIpc) is 2.98. The van der Waals surface area contributed by atoms with Crippen molar-refractivity contribution in [2.24, 2.45) is 5.92 Å². The fourth-order valence-electron chi connectivity index (χ4n) is 1.88. The van der Waals surface area contributed by atoms with Crippen molar-refractivity contribution < 1.29 is 8.42 Å². The van der Waals surface area contributed by atoms with Crippen molar-refractivity contribution in [1.82, 2.24) is 19.7 Å². The molecular formula is C15H20N4O2S. The van der Waals surface area contributed by atoms with E-state index < -0.39 is 10.0 Å². The zero-order chi connectivity index (χ0) is 16.0. The molecule has 1 aromatic carbocycles. The van der Waals surface area contributed by atoms with Crippen molar-refractivity contribution in [2.75, 3.05) is 0 Å². The Morgan fingerprint density at radius 1 is 1.18 bits per heavy atom. The lowest BCUT2D eigenvalue weighted by Gasteiger charge is -2.20. The number of rotatable bonds is 7. The van der Waals surface area contributed by atoms with Gasteiger partial charge in [-0.25, -0.2) is 13.1 Å². The summed E-state index contributed by atoms with van der Waals surface area (Å²) < 4.78 is 27.1. The second-order valence-electron chi connectivity index (χ2n) is 5.31. The Hall–Kier alpha value is -1.99. The van der Waals surface area contributed by atoms with Crippen LogP contribution in [0.4, 0.5) is 0 Å². The van der Waals surface area contributed by atoms with Gasteiger partial charge >= 0.3 is 0 Å². The van der Waals surface area contributed by atoms with Crippen LogP contribution in [0.5, 0.6) is 0 Å². The van der Waals surface area contributed by atoms with Gasteiger partial charge in [0.15, 0.2) is 0 Å². The Labute approximate surface area is 130 Å². The van der Waals surface area contributed by atoms with Gasteiger partial charge in [0, 0.05) is 11.4 Å². The van der Waals surface area contributed by atoms with Crippen molar-refractivity contribution in [3.63, 3.8) is 0 Å². The maximum absolute atomic E-state index is 12.2. The summed E-state index contributed by atoms with van der Waals surface area (Å²) in [4.78, 5) is 1.48. The maximum Gasteiger partial charge on any atom is 0.234 e. The highest BCUT2D eigenvalue weighted by Gasteiger charge is 2.20. The van der Waals surface area contributed by atoms with Gasteiger partial charge in [-0.3, -0.25) is 0 Å². The van der Waals surface area contributed by atoms with Crippen LogP contribution in [-0.2, 0) is 16.6 Å². The predicted molar refractivity (Wildman–Crippen MR) is 86.2 cm³/mol. The van der Waals surface area contributed by atoms with Gasteiger partial charge in [0.05, 0.1) is 18.9 Å². The minimum atomic E-state index is -3.53. The molecule has 0 unspecified atom stereocenters. The van der Waals surface area contributed by atoms with Gasteiger partial charge in [0.25, 0.3) is 0 Å². The van der Waals surface area contributed by atoms with Crippen LogP contribution in [0.1, 0.15) is 19.4 Å². The molecule has 0 spiro atoms. The summed E-state index contributed by atoms with van der Waals surface area (Å²) in [5.41, 5.74) is 0.836. The molecule has 2 aromatic rings. The SMILES string of the molecule is CC(C)[C@@H](Cn1nccn1)NS(=O)(=O)/C=C/c1ccccc1. The van der Waals surface area contributed by atoms with Crippen LogP contribution in [0.25, 0.3) is 6.08 Å². The van der Waals surface area contributed by atoms with Crippen LogP contribution in [0.3, 0.4) is 0 Å². The molecule has 0 saturated carbocycles. The van der Waals surface area contributed by atoms with E-state index in [1.165, 1.54) is 10.2 Å². The third kappa shape index (κ3) is 5.09. The molecule has 2 rings (SSSR count). The Morgan fingerprint density at radius 3 is 2.41 bits per heavy atom. The summed E-state index contributed by atoms with van der Waals surface area (Å²) in [7, 11) is -3.53. The highest BCUT2D eigenvalue weighted by atomic mass is 32.2. The highest BCUT2D eigenvalue weighted by Crippen LogP contribution is 2.08. The molecular weight excluding hydrogens is 300 g/mol. The molecule has 0 aliphatic heterocycles. The summed E-state index contributed by atoms with van der Waals surface area (Å²) in [5.74, 6) is 0.117. The maximum atomic E-state index is 12.2. The smallest absolute Gasteiger partial charge is 0.208 e. The fourth-order valence-corrected chi connectivity index (χ4v) is 3.06. The Bertz CT molecular complexity index is 694. The minimum Gasteiger partial charge on any atom is -0.208 e. The first-order valence-corrected chi connectivity index (χ1v) is 8.60. The molecule has 0 amide bonds. The van der Waals surface area contributed by atoms with Gasteiger partial charge in [-0.05, 0) is 17.6 Å². The number of sulfonamides is 1. The number of hydrogen-bond donors (Lipinski definition) is 1. The molecule has 1 atom stereocenters. The van der Waals surface area contributed by atoms with Crippen molar-refractivity contribution in [1.29, 1.82) is 0 Å². The normalized spacial score (nSPS) is 13.8. The van der Waals surface area contributed by atoms with Gasteiger partial charge in [0.2, 0.25) is 10.0 Å². The van der Waals surface area contributed by atoms with E-state index in [9.17, 15) is 8.42 Å². The van der Waals surface area contributed by atoms with Crippen LogP contribution >= 0.6 is 0 Å². The molecule has 0 saturated heterocycles. The second kappa shape index (κ2) is 7.33. The van der Waals surface area contributed by atoms with E-state index in [1.54, 1.807) is 18.5 Å². The van der Waals surface area contributed by atoms with Gasteiger partial charge in [-0.2, -0.15) is 15.0 Å². The fraction of sp³-hybridized carbons (Fsp3) is 0.333. The first-order chi connectivity index (χ1) is 10.5. The lowest BCUT2D eigenvalue weighted by molar-refractivity contribution is 0.362. The zero-order valence-electron chi connectivity index (χ0n) is 12.6. The molecule has 0 aliphatic carbocycles. The van der Waals surface area contributed by atoms with Crippen LogP contribution in [0.2, 0.25) is 0 Å². The number of nitrogens with zero attached hydrogens (tertiary/aromatic N) is 3. The van der Waals surface area contributed by atoms with E-state index in [-0.39, 0.29) is 12.0 Å². The zero-order valence-corrected chi connectivity index (χ0v) is 13.4. The lowest BCUT2D eigenvalue weighted by Crippen LogP contribution is -2.41. The standard InChI is InChI=1S/C15H20N4O2S/c1-13(2)15(12-19-16-9-10-17-19)18-22(20,21)11-8-14-6-4-3-5-7-14/h3-11,13,15,18H,12H2,1-2H3/b11-8+/t15-/m1/s1. The molecule has 1 aromatic heterocycles. The Morgan fingerprint density at radius 2 is 1.82 bits per heavy atom. The first kappa shape index (κ1) is 16.4. The van der Waals surface area contributed by atoms with Gasteiger partial charge < -0.3 is 0 Å². The van der Waals surface area contributed by atoms with E-state index in [1.807, 2.05) is 44.2 Å². The van der Waals surface area contributed by atoms with E-state index in [0.29, 0.717) is 6.54 Å². The summed E-state index contributed by atoms with van der Waals surface area (Å²) >= 11 is 0. The van der Waals surface area contributed by atoms with Crippen molar-refractivity contribution in [3.8, 4) is 0 Å². The molecule has 7 heteroatoms. The molecule has 22 heavy (non-hydrogen) atoms. The highest BCUT2D eigenvalue weighted by molar-refractivity contribution is 7.92. The molecule has 0 fully saturated rings. The molecule has 0 radical (unpaired) electrons. The van der Waals surface area contributed by atoms with Crippen molar-refractivity contribution >= 4 is 16.1 Å². The monoisotopic (exact) mass is 320 g/mol.